The van der Waals surface area contributed by atoms with Crippen LogP contribution in [0.4, 0.5) is 5.69 Å². The maximum Gasteiger partial charge on any atom is 0.355 e. The largest absolute Gasteiger partial charge is 0.465 e. The van der Waals surface area contributed by atoms with Gasteiger partial charge >= 0.3 is 11.9 Å². The number of anilines is 1. The highest BCUT2D eigenvalue weighted by Crippen LogP contribution is 2.49. The van der Waals surface area contributed by atoms with E-state index in [4.69, 9.17) is 60.6 Å². The first-order valence-electron chi connectivity index (χ1n) is 11.7. The van der Waals surface area contributed by atoms with Gasteiger partial charge in [-0.05, 0) is 53.6 Å². The Kier molecular flexibility index (Phi) is 7.70. The lowest BCUT2D eigenvalue weighted by atomic mass is 9.76. The smallest absolute Gasteiger partial charge is 0.355 e. The second kappa shape index (κ2) is 10.9. The number of carbonyl (C=O) groups is 3. The molecule has 2 unspecified atom stereocenters. The fraction of sp³-hybridized carbons (Fsp3) is 0.138. The molecule has 204 valence electrons. The third kappa shape index (κ3) is 4.48. The van der Waals surface area contributed by atoms with Gasteiger partial charge in [0.2, 0.25) is 5.78 Å². The van der Waals surface area contributed by atoms with Crippen LogP contribution in [0.5, 0.6) is 0 Å². The van der Waals surface area contributed by atoms with Crippen molar-refractivity contribution in [2.24, 2.45) is 0 Å². The maximum atomic E-state index is 14.6. The Morgan fingerprint density at radius 2 is 1.48 bits per heavy atom. The summed E-state index contributed by atoms with van der Waals surface area (Å²) in [5.74, 6) is -2.64. The molecule has 0 amide bonds. The number of ketones is 1. The normalized spacial score (nSPS) is 19.6. The molecule has 3 aromatic rings. The zero-order valence-electron chi connectivity index (χ0n) is 20.9. The number of para-hydroxylation sites is 1. The van der Waals surface area contributed by atoms with E-state index in [1.807, 2.05) is 12.1 Å². The fourth-order valence-corrected chi connectivity index (χ4v) is 5.43. The van der Waals surface area contributed by atoms with Crippen molar-refractivity contribution in [2.75, 3.05) is 19.1 Å². The molecule has 2 aliphatic rings. The first kappa shape index (κ1) is 28.2. The number of hydrogen-bond acceptors (Lipinski definition) is 7. The highest BCUT2D eigenvalue weighted by molar-refractivity contribution is 6.42. The van der Waals surface area contributed by atoms with Crippen LogP contribution in [-0.2, 0) is 29.4 Å². The minimum atomic E-state index is -2.26. The fourth-order valence-electron chi connectivity index (χ4n) is 4.83. The first-order valence-corrected chi connectivity index (χ1v) is 13.3. The first-order chi connectivity index (χ1) is 19.1. The summed E-state index contributed by atoms with van der Waals surface area (Å²) in [6.45, 7) is 0. The molecule has 0 bridgehead atoms. The Morgan fingerprint density at radius 1 is 0.825 bits per heavy atom. The van der Waals surface area contributed by atoms with Crippen molar-refractivity contribution in [3.63, 3.8) is 0 Å². The van der Waals surface area contributed by atoms with Crippen molar-refractivity contribution in [3.8, 4) is 0 Å². The predicted octanol–water partition coefficient (Wildman–Crippen LogP) is 6.87. The van der Waals surface area contributed by atoms with Gasteiger partial charge in [0.25, 0.3) is 0 Å². The predicted molar refractivity (Wildman–Crippen MR) is 153 cm³/mol. The number of esters is 2. The number of benzene rings is 3. The molecule has 0 radical (unpaired) electrons. The van der Waals surface area contributed by atoms with Crippen molar-refractivity contribution in [1.82, 2.24) is 0 Å². The number of carbonyl (C=O) groups excluding carboxylic acids is 3. The SMILES string of the molecule is COC(=O)C1=C(C(=O)OC)C(C(=O)c2ccc(Cl)c(Cl)c2)(c2ccc(Cl)c(Cl)c2)OC2C=Cc3ccccc3N12. The van der Waals surface area contributed by atoms with Crippen LogP contribution in [0.3, 0.4) is 0 Å². The Bertz CT molecular complexity index is 1630. The standard InChI is InChI=1S/C29H19Cl4NO6/c1-38-27(36)24-25(28(37)39-2)34-22-6-4-3-5-15(22)8-12-23(34)40-29(24,17-9-11-19(31)21(33)14-17)26(35)16-7-10-18(30)20(32)13-16/h3-14,23H,1-2H3. The molecule has 11 heteroatoms. The van der Waals surface area contributed by atoms with Crippen molar-refractivity contribution >= 4 is 75.9 Å². The molecule has 0 saturated carbocycles. The molecule has 7 nitrogen and oxygen atoms in total. The topological polar surface area (TPSA) is 82.1 Å². The van der Waals surface area contributed by atoms with E-state index in [-0.39, 0.29) is 36.9 Å². The maximum absolute atomic E-state index is 14.6. The number of nitrogens with zero attached hydrogens (tertiary/aromatic N) is 1. The highest BCUT2D eigenvalue weighted by Gasteiger charge is 2.58. The summed E-state index contributed by atoms with van der Waals surface area (Å²) in [6.07, 6.45) is 2.41. The van der Waals surface area contributed by atoms with Gasteiger partial charge in [-0.15, -0.1) is 0 Å². The molecule has 5 rings (SSSR count). The van der Waals surface area contributed by atoms with E-state index in [1.54, 1.807) is 24.3 Å². The number of fused-ring (bicyclic) bond motifs is 3. The molecular formula is C29H19Cl4NO6. The van der Waals surface area contributed by atoms with Crippen molar-refractivity contribution in [1.29, 1.82) is 0 Å². The molecule has 0 saturated heterocycles. The third-order valence-corrected chi connectivity index (χ3v) is 8.09. The van der Waals surface area contributed by atoms with Gasteiger partial charge in [-0.2, -0.15) is 0 Å². The summed E-state index contributed by atoms with van der Waals surface area (Å²) in [5.41, 5.74) is -1.49. The number of methoxy groups -OCH3 is 2. The quantitative estimate of drug-likeness (QED) is 0.228. The number of halogens is 4. The van der Waals surface area contributed by atoms with Gasteiger partial charge in [-0.3, -0.25) is 4.79 Å². The lowest BCUT2D eigenvalue weighted by molar-refractivity contribution is -0.145. The van der Waals surface area contributed by atoms with E-state index < -0.39 is 35.1 Å². The van der Waals surface area contributed by atoms with Gasteiger partial charge < -0.3 is 19.1 Å². The van der Waals surface area contributed by atoms with Crippen LogP contribution in [0, 0.1) is 0 Å². The monoisotopic (exact) mass is 617 g/mol. The van der Waals surface area contributed by atoms with E-state index in [2.05, 4.69) is 0 Å². The zero-order valence-corrected chi connectivity index (χ0v) is 23.9. The lowest BCUT2D eigenvalue weighted by Crippen LogP contribution is -2.57. The second-order valence-corrected chi connectivity index (χ2v) is 10.4. The average molecular weight is 619 g/mol. The summed E-state index contributed by atoms with van der Waals surface area (Å²) in [6, 6.07) is 15.7. The zero-order chi connectivity index (χ0) is 28.8. The number of ether oxygens (including phenoxy) is 3. The minimum Gasteiger partial charge on any atom is -0.465 e. The molecule has 40 heavy (non-hydrogen) atoms. The van der Waals surface area contributed by atoms with Crippen LogP contribution in [0.1, 0.15) is 21.5 Å². The number of hydrogen-bond donors (Lipinski definition) is 0. The summed E-state index contributed by atoms with van der Waals surface area (Å²) in [7, 11) is 2.30. The van der Waals surface area contributed by atoms with Gasteiger partial charge in [0.15, 0.2) is 11.8 Å². The van der Waals surface area contributed by atoms with Crippen molar-refractivity contribution in [3.05, 3.63) is 115 Å². The molecule has 2 heterocycles. The van der Waals surface area contributed by atoms with Gasteiger partial charge in [-0.1, -0.05) is 76.7 Å². The van der Waals surface area contributed by atoms with Crippen LogP contribution < -0.4 is 4.90 Å². The summed E-state index contributed by atoms with van der Waals surface area (Å²) in [4.78, 5) is 43.4. The van der Waals surface area contributed by atoms with Crippen LogP contribution >= 0.6 is 46.4 Å². The van der Waals surface area contributed by atoms with E-state index >= 15 is 0 Å². The van der Waals surface area contributed by atoms with Crippen LogP contribution in [0.15, 0.2) is 78.0 Å². The van der Waals surface area contributed by atoms with Crippen LogP contribution in [0.2, 0.25) is 20.1 Å². The number of rotatable bonds is 5. The van der Waals surface area contributed by atoms with Gasteiger partial charge in [0.05, 0.1) is 40.0 Å². The van der Waals surface area contributed by atoms with Crippen LogP contribution in [0.25, 0.3) is 6.08 Å². The molecule has 2 aliphatic heterocycles. The van der Waals surface area contributed by atoms with E-state index in [0.29, 0.717) is 5.69 Å². The van der Waals surface area contributed by atoms with Gasteiger partial charge in [-0.25, -0.2) is 9.59 Å². The van der Waals surface area contributed by atoms with E-state index in [1.165, 1.54) is 48.4 Å². The van der Waals surface area contributed by atoms with Gasteiger partial charge in [0, 0.05) is 5.56 Å². The Hall–Kier alpha value is -3.33. The number of Topliss-reactive ketones (excluding diaryl/α,β-unsaturated/α-hetero) is 1. The summed E-state index contributed by atoms with van der Waals surface area (Å²) in [5, 5.41) is 0.587. The molecule has 0 fully saturated rings. The molecule has 0 N–H and O–H groups in total. The molecule has 0 aromatic heterocycles. The minimum absolute atomic E-state index is 0.0414. The highest BCUT2D eigenvalue weighted by atomic mass is 35.5. The molecule has 0 aliphatic carbocycles. The Morgan fingerprint density at radius 3 is 2.12 bits per heavy atom. The Labute approximate surface area is 249 Å². The van der Waals surface area contributed by atoms with Crippen molar-refractivity contribution in [2.45, 2.75) is 11.8 Å². The molecule has 0 spiro atoms. The lowest BCUT2D eigenvalue weighted by Gasteiger charge is -2.48. The van der Waals surface area contributed by atoms with Gasteiger partial charge in [0.1, 0.15) is 11.3 Å². The summed E-state index contributed by atoms with van der Waals surface area (Å²) >= 11 is 25.0. The van der Waals surface area contributed by atoms with E-state index in [9.17, 15) is 14.4 Å². The molecular weight excluding hydrogens is 600 g/mol. The molecule has 2 atom stereocenters. The van der Waals surface area contributed by atoms with E-state index in [0.717, 1.165) is 12.7 Å². The third-order valence-electron chi connectivity index (χ3n) is 6.61. The average Bonchev–Trinajstić information content (AvgIpc) is 2.97. The Balaban J connectivity index is 1.93. The molecule has 3 aromatic carbocycles. The summed E-state index contributed by atoms with van der Waals surface area (Å²) < 4.78 is 16.9. The van der Waals surface area contributed by atoms with Crippen molar-refractivity contribution < 1.29 is 28.6 Å². The van der Waals surface area contributed by atoms with Crippen LogP contribution in [-0.4, -0.2) is 38.2 Å². The second-order valence-electron chi connectivity index (χ2n) is 8.77.